The number of hydrogen-bond donors (Lipinski definition) is 2. The van der Waals surface area contributed by atoms with E-state index >= 15 is 0 Å². The summed E-state index contributed by atoms with van der Waals surface area (Å²) in [5.41, 5.74) is 0.377. The lowest BCUT2D eigenvalue weighted by Gasteiger charge is -2.26. The Morgan fingerprint density at radius 1 is 1.19 bits per heavy atom. The Hall–Kier alpha value is -2.68. The topological polar surface area (TPSA) is 114 Å². The quantitative estimate of drug-likeness (QED) is 0.695. The van der Waals surface area contributed by atoms with Gasteiger partial charge in [-0.05, 0) is 32.7 Å². The first-order valence-electron chi connectivity index (χ1n) is 11.1. The molecule has 9 nitrogen and oxygen atoms in total. The Morgan fingerprint density at radius 3 is 2.71 bits per heavy atom. The van der Waals surface area contributed by atoms with E-state index in [1.807, 2.05) is 11.0 Å². The van der Waals surface area contributed by atoms with E-state index in [1.165, 1.54) is 19.3 Å². The molecule has 2 aromatic rings. The van der Waals surface area contributed by atoms with Gasteiger partial charge in [0.1, 0.15) is 11.5 Å². The van der Waals surface area contributed by atoms with Crippen LogP contribution >= 0.6 is 0 Å². The highest BCUT2D eigenvalue weighted by Gasteiger charge is 2.45. The largest absolute Gasteiger partial charge is 0.361 e. The SMILES string of the molecule is CNC(=O)[C@@]1(Cc2cc(C3CCCCC3)no2)CCN(CC(=O)Nc2cc(C)on2)C1. The summed E-state index contributed by atoms with van der Waals surface area (Å²) in [7, 11) is 1.65. The molecule has 0 spiro atoms. The molecule has 0 unspecified atom stereocenters. The van der Waals surface area contributed by atoms with Crippen LogP contribution in [0.5, 0.6) is 0 Å². The molecule has 1 saturated heterocycles. The van der Waals surface area contributed by atoms with Crippen molar-refractivity contribution in [3.8, 4) is 0 Å². The first-order chi connectivity index (χ1) is 15.0. The normalized spacial score (nSPS) is 22.5. The van der Waals surface area contributed by atoms with E-state index < -0.39 is 5.41 Å². The van der Waals surface area contributed by atoms with Gasteiger partial charge in [-0.1, -0.05) is 29.6 Å². The number of carbonyl (C=O) groups excluding carboxylic acids is 2. The summed E-state index contributed by atoms with van der Waals surface area (Å²) < 4.78 is 10.6. The molecule has 3 heterocycles. The van der Waals surface area contributed by atoms with E-state index in [0.29, 0.717) is 43.4 Å². The number of anilines is 1. The Balaban J connectivity index is 1.39. The van der Waals surface area contributed by atoms with Crippen LogP contribution in [0.2, 0.25) is 0 Å². The van der Waals surface area contributed by atoms with Crippen molar-refractivity contribution < 1.29 is 18.6 Å². The Bertz CT molecular complexity index is 917. The Morgan fingerprint density at radius 2 is 2.00 bits per heavy atom. The molecule has 1 aliphatic carbocycles. The third-order valence-electron chi connectivity index (χ3n) is 6.52. The van der Waals surface area contributed by atoms with Crippen LogP contribution in [0, 0.1) is 12.3 Å². The fourth-order valence-electron chi connectivity index (χ4n) is 4.92. The number of rotatable bonds is 7. The number of amides is 2. The summed E-state index contributed by atoms with van der Waals surface area (Å²) in [6.07, 6.45) is 7.21. The van der Waals surface area contributed by atoms with Gasteiger partial charge in [0.2, 0.25) is 11.8 Å². The maximum Gasteiger partial charge on any atom is 0.239 e. The second-order valence-corrected chi connectivity index (χ2v) is 8.92. The van der Waals surface area contributed by atoms with Gasteiger partial charge in [-0.3, -0.25) is 14.5 Å². The van der Waals surface area contributed by atoms with Crippen molar-refractivity contribution in [2.24, 2.45) is 5.41 Å². The zero-order chi connectivity index (χ0) is 21.8. The Kier molecular flexibility index (Phi) is 6.41. The highest BCUT2D eigenvalue weighted by Crippen LogP contribution is 2.37. The number of carbonyl (C=O) groups is 2. The molecule has 1 atom stereocenters. The molecule has 2 fully saturated rings. The lowest BCUT2D eigenvalue weighted by molar-refractivity contribution is -0.130. The first kappa shape index (κ1) is 21.5. The minimum Gasteiger partial charge on any atom is -0.361 e. The number of aryl methyl sites for hydroxylation is 1. The number of hydrogen-bond acceptors (Lipinski definition) is 7. The van der Waals surface area contributed by atoms with Gasteiger partial charge in [0.25, 0.3) is 0 Å². The van der Waals surface area contributed by atoms with Crippen LogP contribution in [0.1, 0.15) is 61.7 Å². The maximum absolute atomic E-state index is 12.9. The summed E-state index contributed by atoms with van der Waals surface area (Å²) in [5.74, 6) is 2.03. The smallest absolute Gasteiger partial charge is 0.239 e. The van der Waals surface area contributed by atoms with E-state index in [2.05, 4.69) is 20.9 Å². The molecular formula is C22H31N5O4. The summed E-state index contributed by atoms with van der Waals surface area (Å²) >= 11 is 0. The number of likely N-dealkylation sites (tertiary alicyclic amines) is 1. The van der Waals surface area contributed by atoms with Crippen LogP contribution < -0.4 is 10.6 Å². The van der Waals surface area contributed by atoms with E-state index in [0.717, 1.165) is 24.3 Å². The third kappa shape index (κ3) is 4.98. The standard InChI is InChI=1S/C22H31N5O4/c1-15-10-19(26-30-15)24-20(28)13-27-9-8-22(14-27,21(29)23-2)12-17-11-18(25-31-17)16-6-4-3-5-7-16/h10-11,16H,3-9,12-14H2,1-2H3,(H,23,29)(H,24,26,28)/t22-/m1/s1. The lowest BCUT2D eigenvalue weighted by atomic mass is 9.81. The highest BCUT2D eigenvalue weighted by atomic mass is 16.5. The van der Waals surface area contributed by atoms with Crippen LogP contribution in [0.4, 0.5) is 5.82 Å². The molecule has 0 radical (unpaired) electrons. The van der Waals surface area contributed by atoms with E-state index in [1.54, 1.807) is 20.0 Å². The van der Waals surface area contributed by atoms with Crippen molar-refractivity contribution in [3.63, 3.8) is 0 Å². The predicted octanol–water partition coefficient (Wildman–Crippen LogP) is 2.64. The molecule has 1 saturated carbocycles. The molecule has 31 heavy (non-hydrogen) atoms. The molecule has 2 aromatic heterocycles. The van der Waals surface area contributed by atoms with Gasteiger partial charge >= 0.3 is 0 Å². The average Bonchev–Trinajstić information content (AvgIpc) is 3.50. The van der Waals surface area contributed by atoms with Crippen molar-refractivity contribution in [1.82, 2.24) is 20.5 Å². The highest BCUT2D eigenvalue weighted by molar-refractivity contribution is 5.91. The molecule has 9 heteroatoms. The van der Waals surface area contributed by atoms with Gasteiger partial charge in [0.05, 0.1) is 17.7 Å². The molecule has 2 amide bonds. The number of nitrogens with zero attached hydrogens (tertiary/aromatic N) is 3. The fourth-order valence-corrected chi connectivity index (χ4v) is 4.92. The lowest BCUT2D eigenvalue weighted by Crippen LogP contribution is -2.44. The third-order valence-corrected chi connectivity index (χ3v) is 6.52. The summed E-state index contributed by atoms with van der Waals surface area (Å²) in [6.45, 7) is 3.10. The van der Waals surface area contributed by atoms with E-state index in [-0.39, 0.29) is 18.4 Å². The zero-order valence-corrected chi connectivity index (χ0v) is 18.3. The molecule has 2 N–H and O–H groups in total. The fraction of sp³-hybridized carbons (Fsp3) is 0.636. The Labute approximate surface area is 181 Å². The summed E-state index contributed by atoms with van der Waals surface area (Å²) in [4.78, 5) is 27.2. The van der Waals surface area contributed by atoms with Gasteiger partial charge in [-0.2, -0.15) is 0 Å². The molecule has 2 aliphatic rings. The van der Waals surface area contributed by atoms with Crippen LogP contribution in [0.3, 0.4) is 0 Å². The van der Waals surface area contributed by atoms with Crippen LogP contribution in [-0.2, 0) is 16.0 Å². The van der Waals surface area contributed by atoms with Gasteiger partial charge < -0.3 is 19.7 Å². The predicted molar refractivity (Wildman–Crippen MR) is 113 cm³/mol. The van der Waals surface area contributed by atoms with Gasteiger partial charge in [0.15, 0.2) is 5.82 Å². The van der Waals surface area contributed by atoms with Crippen molar-refractivity contribution in [1.29, 1.82) is 0 Å². The average molecular weight is 430 g/mol. The molecule has 1 aliphatic heterocycles. The van der Waals surface area contributed by atoms with Crippen LogP contribution in [-0.4, -0.2) is 53.7 Å². The number of aromatic nitrogens is 2. The van der Waals surface area contributed by atoms with Gasteiger partial charge in [0, 0.05) is 38.1 Å². The van der Waals surface area contributed by atoms with Crippen molar-refractivity contribution in [2.45, 2.75) is 57.8 Å². The maximum atomic E-state index is 12.9. The van der Waals surface area contributed by atoms with Crippen molar-refractivity contribution in [3.05, 3.63) is 29.3 Å². The molecule has 0 bridgehead atoms. The van der Waals surface area contributed by atoms with Crippen LogP contribution in [0.15, 0.2) is 21.2 Å². The summed E-state index contributed by atoms with van der Waals surface area (Å²) in [5, 5.41) is 13.6. The van der Waals surface area contributed by atoms with E-state index in [9.17, 15) is 9.59 Å². The first-order valence-corrected chi connectivity index (χ1v) is 11.1. The van der Waals surface area contributed by atoms with Crippen LogP contribution in [0.25, 0.3) is 0 Å². The van der Waals surface area contributed by atoms with Gasteiger partial charge in [-0.25, -0.2) is 0 Å². The molecule has 168 valence electrons. The van der Waals surface area contributed by atoms with Gasteiger partial charge in [-0.15, -0.1) is 0 Å². The summed E-state index contributed by atoms with van der Waals surface area (Å²) in [6, 6.07) is 3.70. The molecular weight excluding hydrogens is 398 g/mol. The second kappa shape index (κ2) is 9.21. The van der Waals surface area contributed by atoms with E-state index in [4.69, 9.17) is 9.05 Å². The minimum atomic E-state index is -0.636. The number of nitrogens with one attached hydrogen (secondary N) is 2. The van der Waals surface area contributed by atoms with Crippen molar-refractivity contribution >= 4 is 17.6 Å². The van der Waals surface area contributed by atoms with Crippen molar-refractivity contribution in [2.75, 3.05) is 32.0 Å². The minimum absolute atomic E-state index is 0.0295. The molecule has 4 rings (SSSR count). The second-order valence-electron chi connectivity index (χ2n) is 8.92. The monoisotopic (exact) mass is 429 g/mol. The zero-order valence-electron chi connectivity index (χ0n) is 18.3. The molecule has 0 aromatic carbocycles.